The molecule has 0 unspecified atom stereocenters. The average molecular weight is 198 g/mol. The Kier molecular flexibility index (Phi) is 5.09. The van der Waals surface area contributed by atoms with Crippen molar-refractivity contribution in [3.63, 3.8) is 0 Å². The third kappa shape index (κ3) is 5.48. The average Bonchev–Trinajstić information content (AvgIpc) is 2.09. The Hall–Kier alpha value is -1.16. The maximum atomic E-state index is 10.4. The molecule has 0 aliphatic carbocycles. The predicted molar refractivity (Wildman–Crippen MR) is 57.0 cm³/mol. The fourth-order valence-corrected chi connectivity index (χ4v) is 0.786. The second-order valence-electron chi connectivity index (χ2n) is 3.69. The van der Waals surface area contributed by atoms with Crippen LogP contribution < -0.4 is 0 Å². The normalized spacial score (nSPS) is 13.4. The number of nitrogens with zero attached hydrogens (tertiary/aromatic N) is 2. The third-order valence-electron chi connectivity index (χ3n) is 1.59. The first kappa shape index (κ1) is 12.8. The van der Waals surface area contributed by atoms with Crippen molar-refractivity contribution in [2.75, 3.05) is 7.05 Å². The summed E-state index contributed by atoms with van der Waals surface area (Å²) in [4.78, 5) is 15.9. The smallest absolute Gasteiger partial charge is 0.215 e. The van der Waals surface area contributed by atoms with Crippen LogP contribution in [0.1, 0.15) is 27.2 Å². The molecule has 0 bridgehead atoms. The van der Waals surface area contributed by atoms with E-state index in [2.05, 4.69) is 4.99 Å². The van der Waals surface area contributed by atoms with Crippen LogP contribution in [0.4, 0.5) is 0 Å². The van der Waals surface area contributed by atoms with Crippen molar-refractivity contribution in [3.05, 3.63) is 11.9 Å². The second kappa shape index (κ2) is 5.54. The molecule has 0 radical (unpaired) electrons. The Morgan fingerprint density at radius 2 is 2.14 bits per heavy atom. The molecular formula is C10H18N2O2. The molecule has 0 rings (SSSR count). The Morgan fingerprint density at radius 1 is 1.57 bits per heavy atom. The number of hydrogen-bond donors (Lipinski definition) is 1. The SMILES string of the molecule is C/C=C(\N=C/CC(C)(C)O)N(C)C=O. The van der Waals surface area contributed by atoms with Gasteiger partial charge in [0.1, 0.15) is 5.82 Å². The maximum absolute atomic E-state index is 10.4. The molecule has 0 saturated carbocycles. The molecule has 1 amide bonds. The number of carbonyl (C=O) groups excluding carboxylic acids is 1. The van der Waals surface area contributed by atoms with Crippen LogP contribution >= 0.6 is 0 Å². The summed E-state index contributed by atoms with van der Waals surface area (Å²) in [6.07, 6.45) is 4.48. The Labute approximate surface area is 84.9 Å². The van der Waals surface area contributed by atoms with E-state index in [1.54, 1.807) is 40.1 Å². The van der Waals surface area contributed by atoms with Crippen molar-refractivity contribution in [1.29, 1.82) is 0 Å². The van der Waals surface area contributed by atoms with Crippen molar-refractivity contribution >= 4 is 12.6 Å². The van der Waals surface area contributed by atoms with Gasteiger partial charge in [-0.25, -0.2) is 4.99 Å². The fourth-order valence-electron chi connectivity index (χ4n) is 0.786. The van der Waals surface area contributed by atoms with Crippen LogP contribution in [-0.4, -0.2) is 35.3 Å². The standard InChI is InChI=1S/C10H18N2O2/c1-5-9(12(4)8-13)11-7-6-10(2,3)14/h5,7-8,14H,6H2,1-4H3/b9-5+,11-7-. The number of allylic oxidation sites excluding steroid dienone is 1. The molecule has 0 aromatic carbocycles. The van der Waals surface area contributed by atoms with Gasteiger partial charge in [-0.05, 0) is 26.8 Å². The molecule has 0 aliphatic heterocycles. The summed E-state index contributed by atoms with van der Waals surface area (Å²) in [7, 11) is 1.63. The topological polar surface area (TPSA) is 52.9 Å². The first-order chi connectivity index (χ1) is 6.40. The highest BCUT2D eigenvalue weighted by Crippen LogP contribution is 2.06. The van der Waals surface area contributed by atoms with Crippen molar-refractivity contribution in [3.8, 4) is 0 Å². The van der Waals surface area contributed by atoms with Crippen molar-refractivity contribution in [2.45, 2.75) is 32.8 Å². The molecule has 0 spiro atoms. The summed E-state index contributed by atoms with van der Waals surface area (Å²) in [5, 5.41) is 9.41. The van der Waals surface area contributed by atoms with Gasteiger partial charge in [0.2, 0.25) is 6.41 Å². The monoisotopic (exact) mass is 198 g/mol. The molecule has 1 N–H and O–H groups in total. The van der Waals surface area contributed by atoms with Gasteiger partial charge in [0.05, 0.1) is 5.60 Å². The summed E-state index contributed by atoms with van der Waals surface area (Å²) in [5.74, 6) is 0.573. The van der Waals surface area contributed by atoms with Crippen molar-refractivity contribution in [1.82, 2.24) is 4.90 Å². The lowest BCUT2D eigenvalue weighted by Gasteiger charge is -2.14. The Balaban J connectivity index is 4.28. The van der Waals surface area contributed by atoms with Crippen molar-refractivity contribution in [2.24, 2.45) is 4.99 Å². The fraction of sp³-hybridized carbons (Fsp3) is 0.600. The van der Waals surface area contributed by atoms with Gasteiger partial charge >= 0.3 is 0 Å². The maximum Gasteiger partial charge on any atom is 0.215 e. The highest BCUT2D eigenvalue weighted by molar-refractivity contribution is 5.61. The van der Waals surface area contributed by atoms with Crippen LogP contribution in [0.25, 0.3) is 0 Å². The molecule has 0 aromatic rings. The predicted octanol–water partition coefficient (Wildman–Crippen LogP) is 1.17. The zero-order valence-electron chi connectivity index (χ0n) is 9.19. The summed E-state index contributed by atoms with van der Waals surface area (Å²) in [6.45, 7) is 5.21. The zero-order valence-corrected chi connectivity index (χ0v) is 9.19. The molecule has 0 aromatic heterocycles. The highest BCUT2D eigenvalue weighted by Gasteiger charge is 2.09. The molecule has 0 aliphatic rings. The van der Waals surface area contributed by atoms with Crippen LogP contribution in [0.3, 0.4) is 0 Å². The van der Waals surface area contributed by atoms with E-state index in [1.807, 2.05) is 0 Å². The van der Waals surface area contributed by atoms with E-state index >= 15 is 0 Å². The molecule has 4 heteroatoms. The molecule has 0 atom stereocenters. The second-order valence-corrected chi connectivity index (χ2v) is 3.69. The van der Waals surface area contributed by atoms with Gasteiger partial charge in [-0.2, -0.15) is 0 Å². The summed E-state index contributed by atoms with van der Waals surface area (Å²) in [6, 6.07) is 0. The largest absolute Gasteiger partial charge is 0.390 e. The third-order valence-corrected chi connectivity index (χ3v) is 1.59. The Morgan fingerprint density at radius 3 is 2.50 bits per heavy atom. The Bertz CT molecular complexity index is 239. The van der Waals surface area contributed by atoms with Gasteiger partial charge < -0.3 is 10.0 Å². The molecular weight excluding hydrogens is 180 g/mol. The lowest BCUT2D eigenvalue weighted by atomic mass is 10.1. The van der Waals surface area contributed by atoms with Crippen LogP contribution in [0, 0.1) is 0 Å². The van der Waals surface area contributed by atoms with E-state index in [0.717, 1.165) is 0 Å². The number of aliphatic hydroxyl groups is 1. The minimum atomic E-state index is -0.762. The molecule has 0 heterocycles. The lowest BCUT2D eigenvalue weighted by Crippen LogP contribution is -2.19. The van der Waals surface area contributed by atoms with Crippen LogP contribution in [0.15, 0.2) is 16.9 Å². The first-order valence-electron chi connectivity index (χ1n) is 4.50. The van der Waals surface area contributed by atoms with E-state index in [-0.39, 0.29) is 0 Å². The van der Waals surface area contributed by atoms with E-state index in [9.17, 15) is 9.90 Å². The van der Waals surface area contributed by atoms with Gasteiger partial charge in [0, 0.05) is 19.7 Å². The van der Waals surface area contributed by atoms with E-state index in [0.29, 0.717) is 18.7 Å². The van der Waals surface area contributed by atoms with Crippen LogP contribution in [-0.2, 0) is 4.79 Å². The number of hydrogen-bond acceptors (Lipinski definition) is 3. The summed E-state index contributed by atoms with van der Waals surface area (Å²) in [5.41, 5.74) is -0.762. The number of amides is 1. The molecule has 14 heavy (non-hydrogen) atoms. The molecule has 4 nitrogen and oxygen atoms in total. The minimum absolute atomic E-state index is 0.455. The van der Waals surface area contributed by atoms with Gasteiger partial charge in [-0.15, -0.1) is 0 Å². The van der Waals surface area contributed by atoms with Gasteiger partial charge in [-0.1, -0.05) is 0 Å². The van der Waals surface area contributed by atoms with Crippen molar-refractivity contribution < 1.29 is 9.90 Å². The van der Waals surface area contributed by atoms with E-state index in [4.69, 9.17) is 0 Å². The van der Waals surface area contributed by atoms with E-state index in [1.165, 1.54) is 4.90 Å². The lowest BCUT2D eigenvalue weighted by molar-refractivity contribution is -0.115. The number of rotatable bonds is 5. The number of aliphatic imine (C=N–C) groups is 1. The van der Waals surface area contributed by atoms with Gasteiger partial charge in [0.25, 0.3) is 0 Å². The molecule has 0 fully saturated rings. The first-order valence-corrected chi connectivity index (χ1v) is 4.50. The van der Waals surface area contributed by atoms with Gasteiger partial charge in [0.15, 0.2) is 0 Å². The quantitative estimate of drug-likeness (QED) is 0.532. The number of carbonyl (C=O) groups is 1. The zero-order chi connectivity index (χ0) is 11.2. The highest BCUT2D eigenvalue weighted by atomic mass is 16.3. The van der Waals surface area contributed by atoms with Gasteiger partial charge in [-0.3, -0.25) is 4.79 Å². The summed E-state index contributed by atoms with van der Waals surface area (Å²) >= 11 is 0. The molecule has 0 saturated heterocycles. The minimum Gasteiger partial charge on any atom is -0.390 e. The molecule has 80 valence electrons. The van der Waals surface area contributed by atoms with Crippen LogP contribution in [0.2, 0.25) is 0 Å². The van der Waals surface area contributed by atoms with Crippen LogP contribution in [0.5, 0.6) is 0 Å². The van der Waals surface area contributed by atoms with E-state index < -0.39 is 5.60 Å². The summed E-state index contributed by atoms with van der Waals surface area (Å²) < 4.78 is 0.